The highest BCUT2D eigenvalue weighted by atomic mass is 35.5. The molecule has 0 fully saturated rings. The van der Waals surface area contributed by atoms with E-state index in [4.69, 9.17) is 40.5 Å². The Bertz CT molecular complexity index is 569. The summed E-state index contributed by atoms with van der Waals surface area (Å²) in [6.07, 6.45) is 1.47. The number of hydrogen-bond donors (Lipinski definition) is 1. The van der Waals surface area contributed by atoms with Gasteiger partial charge < -0.3 is 5.73 Å². The predicted octanol–water partition coefficient (Wildman–Crippen LogP) is 4.76. The largest absolute Gasteiger partial charge is 0.327 e. The van der Waals surface area contributed by atoms with Gasteiger partial charge in [0, 0.05) is 11.1 Å². The smallest absolute Gasteiger partial charge is 0.0595 e. The number of rotatable bonds is 4. The fourth-order valence-electron chi connectivity index (χ4n) is 1.99. The van der Waals surface area contributed by atoms with Gasteiger partial charge in [-0.05, 0) is 42.2 Å². The van der Waals surface area contributed by atoms with Crippen LogP contribution in [0, 0.1) is 0 Å². The molecular formula is C15H14Cl3N. The van der Waals surface area contributed by atoms with Crippen LogP contribution >= 0.6 is 34.8 Å². The van der Waals surface area contributed by atoms with Crippen molar-refractivity contribution >= 4 is 34.8 Å². The summed E-state index contributed by atoms with van der Waals surface area (Å²) < 4.78 is 0. The van der Waals surface area contributed by atoms with Crippen LogP contribution in [-0.4, -0.2) is 6.04 Å². The molecule has 0 heterocycles. The van der Waals surface area contributed by atoms with E-state index in [1.165, 1.54) is 0 Å². The van der Waals surface area contributed by atoms with Gasteiger partial charge in [-0.1, -0.05) is 59.1 Å². The maximum atomic E-state index is 6.16. The molecule has 1 atom stereocenters. The molecule has 0 aliphatic heterocycles. The molecule has 0 aliphatic rings. The minimum absolute atomic E-state index is 0.00265. The SMILES string of the molecule is NC(Cc1ccc(Cl)c(Cl)c1)Cc1ccccc1Cl. The average molecular weight is 315 g/mol. The summed E-state index contributed by atoms with van der Waals surface area (Å²) in [5.41, 5.74) is 8.30. The van der Waals surface area contributed by atoms with E-state index in [0.717, 1.165) is 29.0 Å². The molecular weight excluding hydrogens is 301 g/mol. The molecule has 100 valence electrons. The quantitative estimate of drug-likeness (QED) is 0.865. The summed E-state index contributed by atoms with van der Waals surface area (Å²) in [5.74, 6) is 0. The Kier molecular flexibility index (Phi) is 5.12. The summed E-state index contributed by atoms with van der Waals surface area (Å²) in [6, 6.07) is 13.3. The molecule has 0 amide bonds. The Morgan fingerprint density at radius 3 is 2.26 bits per heavy atom. The van der Waals surface area contributed by atoms with E-state index >= 15 is 0 Å². The van der Waals surface area contributed by atoms with E-state index in [1.807, 2.05) is 36.4 Å². The van der Waals surface area contributed by atoms with Crippen molar-refractivity contribution in [3.8, 4) is 0 Å². The van der Waals surface area contributed by atoms with Crippen molar-refractivity contribution in [2.24, 2.45) is 5.73 Å². The van der Waals surface area contributed by atoms with Crippen LogP contribution in [0.15, 0.2) is 42.5 Å². The molecule has 0 saturated carbocycles. The van der Waals surface area contributed by atoms with E-state index < -0.39 is 0 Å². The third kappa shape index (κ3) is 4.12. The molecule has 0 spiro atoms. The Balaban J connectivity index is 2.03. The van der Waals surface area contributed by atoms with Crippen molar-refractivity contribution in [3.05, 3.63) is 68.7 Å². The van der Waals surface area contributed by atoms with Crippen LogP contribution in [-0.2, 0) is 12.8 Å². The van der Waals surface area contributed by atoms with Crippen LogP contribution in [0.4, 0.5) is 0 Å². The Morgan fingerprint density at radius 2 is 1.58 bits per heavy atom. The fraction of sp³-hybridized carbons (Fsp3) is 0.200. The lowest BCUT2D eigenvalue weighted by Gasteiger charge is -2.13. The lowest BCUT2D eigenvalue weighted by Crippen LogP contribution is -2.25. The highest BCUT2D eigenvalue weighted by molar-refractivity contribution is 6.42. The topological polar surface area (TPSA) is 26.0 Å². The van der Waals surface area contributed by atoms with Crippen molar-refractivity contribution < 1.29 is 0 Å². The number of hydrogen-bond acceptors (Lipinski definition) is 1. The minimum atomic E-state index is -0.00265. The molecule has 2 N–H and O–H groups in total. The van der Waals surface area contributed by atoms with Gasteiger partial charge >= 0.3 is 0 Å². The first-order valence-electron chi connectivity index (χ1n) is 5.99. The zero-order valence-electron chi connectivity index (χ0n) is 10.2. The summed E-state index contributed by atoms with van der Waals surface area (Å²) >= 11 is 18.0. The average Bonchev–Trinajstić information content (AvgIpc) is 2.37. The molecule has 2 rings (SSSR count). The lowest BCUT2D eigenvalue weighted by molar-refractivity contribution is 0.665. The van der Waals surface area contributed by atoms with Gasteiger partial charge in [0.1, 0.15) is 0 Å². The molecule has 0 bridgehead atoms. The lowest BCUT2D eigenvalue weighted by atomic mass is 10.00. The van der Waals surface area contributed by atoms with Crippen LogP contribution in [0.1, 0.15) is 11.1 Å². The van der Waals surface area contributed by atoms with Gasteiger partial charge in [0.2, 0.25) is 0 Å². The Hall–Kier alpha value is -0.730. The molecule has 1 unspecified atom stereocenters. The van der Waals surface area contributed by atoms with Crippen molar-refractivity contribution in [2.45, 2.75) is 18.9 Å². The molecule has 2 aromatic carbocycles. The molecule has 0 aliphatic carbocycles. The maximum absolute atomic E-state index is 6.16. The van der Waals surface area contributed by atoms with E-state index in [-0.39, 0.29) is 6.04 Å². The first-order valence-corrected chi connectivity index (χ1v) is 7.12. The highest BCUT2D eigenvalue weighted by Gasteiger charge is 2.09. The van der Waals surface area contributed by atoms with Crippen LogP contribution in [0.25, 0.3) is 0 Å². The maximum Gasteiger partial charge on any atom is 0.0595 e. The molecule has 19 heavy (non-hydrogen) atoms. The predicted molar refractivity (Wildman–Crippen MR) is 83.3 cm³/mol. The number of nitrogens with two attached hydrogens (primary N) is 1. The molecule has 2 aromatic rings. The monoisotopic (exact) mass is 313 g/mol. The summed E-state index contributed by atoms with van der Waals surface area (Å²) in [6.45, 7) is 0. The zero-order valence-corrected chi connectivity index (χ0v) is 12.5. The van der Waals surface area contributed by atoms with Crippen molar-refractivity contribution in [2.75, 3.05) is 0 Å². The Labute approximate surface area is 128 Å². The standard InChI is InChI=1S/C15H14Cl3N/c16-13-4-2-1-3-11(13)9-12(19)7-10-5-6-14(17)15(18)8-10/h1-6,8,12H,7,9,19H2. The zero-order chi connectivity index (χ0) is 13.8. The van der Waals surface area contributed by atoms with Gasteiger partial charge in [0.05, 0.1) is 10.0 Å². The van der Waals surface area contributed by atoms with E-state index in [9.17, 15) is 0 Å². The third-order valence-corrected chi connectivity index (χ3v) is 4.03. The third-order valence-electron chi connectivity index (χ3n) is 2.92. The molecule has 4 heteroatoms. The van der Waals surface area contributed by atoms with E-state index in [2.05, 4.69) is 0 Å². The van der Waals surface area contributed by atoms with Crippen molar-refractivity contribution in [1.29, 1.82) is 0 Å². The second-order valence-electron chi connectivity index (χ2n) is 4.51. The van der Waals surface area contributed by atoms with E-state index in [1.54, 1.807) is 6.07 Å². The van der Waals surface area contributed by atoms with Gasteiger partial charge in [-0.2, -0.15) is 0 Å². The van der Waals surface area contributed by atoms with Crippen LogP contribution in [0.5, 0.6) is 0 Å². The summed E-state index contributed by atoms with van der Waals surface area (Å²) in [4.78, 5) is 0. The first kappa shape index (κ1) is 14.7. The molecule has 0 aromatic heterocycles. The van der Waals surface area contributed by atoms with Gasteiger partial charge in [0.25, 0.3) is 0 Å². The fourth-order valence-corrected chi connectivity index (χ4v) is 2.52. The van der Waals surface area contributed by atoms with Gasteiger partial charge in [-0.3, -0.25) is 0 Å². The Morgan fingerprint density at radius 1 is 0.842 bits per heavy atom. The molecule has 0 radical (unpaired) electrons. The van der Waals surface area contributed by atoms with E-state index in [0.29, 0.717) is 10.0 Å². The van der Waals surface area contributed by atoms with Gasteiger partial charge in [-0.25, -0.2) is 0 Å². The number of benzene rings is 2. The first-order chi connectivity index (χ1) is 9.06. The summed E-state index contributed by atoms with van der Waals surface area (Å²) in [7, 11) is 0. The molecule has 1 nitrogen and oxygen atoms in total. The highest BCUT2D eigenvalue weighted by Crippen LogP contribution is 2.24. The second kappa shape index (κ2) is 6.62. The molecule has 0 saturated heterocycles. The normalized spacial score (nSPS) is 12.4. The number of halogens is 3. The van der Waals surface area contributed by atoms with Gasteiger partial charge in [-0.15, -0.1) is 0 Å². The van der Waals surface area contributed by atoms with Crippen LogP contribution in [0.2, 0.25) is 15.1 Å². The summed E-state index contributed by atoms with van der Waals surface area (Å²) in [5, 5.41) is 1.88. The second-order valence-corrected chi connectivity index (χ2v) is 5.73. The van der Waals surface area contributed by atoms with Crippen LogP contribution in [0.3, 0.4) is 0 Å². The van der Waals surface area contributed by atoms with Crippen molar-refractivity contribution in [1.82, 2.24) is 0 Å². The van der Waals surface area contributed by atoms with Crippen LogP contribution < -0.4 is 5.73 Å². The van der Waals surface area contributed by atoms with Crippen molar-refractivity contribution in [3.63, 3.8) is 0 Å². The minimum Gasteiger partial charge on any atom is -0.327 e. The van der Waals surface area contributed by atoms with Gasteiger partial charge in [0.15, 0.2) is 0 Å².